The topological polar surface area (TPSA) is 55.8 Å². The highest BCUT2D eigenvalue weighted by Crippen LogP contribution is 2.25. The maximum Gasteiger partial charge on any atom is 0.341 e. The van der Waals surface area contributed by atoms with E-state index in [4.69, 9.17) is 16.3 Å². The molecule has 1 N–H and O–H groups in total. The number of rotatable bonds is 4. The number of ether oxygens (including phenoxy) is 2. The molecule has 20 heavy (non-hydrogen) atoms. The fourth-order valence-corrected chi connectivity index (χ4v) is 1.76. The molecule has 2 rings (SSSR count). The van der Waals surface area contributed by atoms with E-state index in [1.54, 1.807) is 18.2 Å². The van der Waals surface area contributed by atoms with Crippen LogP contribution in [0.2, 0.25) is 5.02 Å². The molecule has 0 bridgehead atoms. The molecule has 0 spiro atoms. The molecule has 0 fully saturated rings. The van der Waals surface area contributed by atoms with Gasteiger partial charge in [0.05, 0.1) is 7.11 Å². The monoisotopic (exact) mass is 292 g/mol. The molecule has 0 amide bonds. The van der Waals surface area contributed by atoms with Gasteiger partial charge in [0, 0.05) is 11.1 Å². The average molecular weight is 293 g/mol. The Kier molecular flexibility index (Phi) is 4.48. The van der Waals surface area contributed by atoms with E-state index < -0.39 is 5.97 Å². The number of halogens is 1. The van der Waals surface area contributed by atoms with Crippen molar-refractivity contribution >= 4 is 17.6 Å². The minimum absolute atomic E-state index is 0.103. The van der Waals surface area contributed by atoms with Crippen LogP contribution >= 0.6 is 11.6 Å². The van der Waals surface area contributed by atoms with Crippen molar-refractivity contribution in [1.29, 1.82) is 0 Å². The average Bonchev–Trinajstić information content (AvgIpc) is 2.46. The first kappa shape index (κ1) is 14.2. The van der Waals surface area contributed by atoms with Crippen molar-refractivity contribution in [2.45, 2.75) is 6.61 Å². The molecule has 0 saturated heterocycles. The van der Waals surface area contributed by atoms with Gasteiger partial charge in [-0.15, -0.1) is 0 Å². The molecule has 2 aromatic rings. The summed E-state index contributed by atoms with van der Waals surface area (Å²) < 4.78 is 10.1. The third-order valence-corrected chi connectivity index (χ3v) is 2.95. The molecule has 0 saturated carbocycles. The number of benzene rings is 2. The maximum atomic E-state index is 11.3. The second kappa shape index (κ2) is 6.30. The van der Waals surface area contributed by atoms with Crippen LogP contribution < -0.4 is 4.74 Å². The van der Waals surface area contributed by atoms with Crippen LogP contribution in [0.4, 0.5) is 0 Å². The van der Waals surface area contributed by atoms with Gasteiger partial charge < -0.3 is 14.6 Å². The van der Waals surface area contributed by atoms with Crippen molar-refractivity contribution in [2.24, 2.45) is 0 Å². The number of hydrogen-bond donors (Lipinski definition) is 1. The summed E-state index contributed by atoms with van der Waals surface area (Å²) in [6.45, 7) is 0.341. The van der Waals surface area contributed by atoms with Crippen molar-refractivity contribution in [2.75, 3.05) is 7.11 Å². The molecule has 104 valence electrons. The van der Waals surface area contributed by atoms with Gasteiger partial charge in [-0.2, -0.15) is 0 Å². The standard InChI is InChI=1S/C15H13ClO4/c1-19-15(18)13-7-6-12(8-14(13)17)20-9-10-2-4-11(16)5-3-10/h2-8,17H,9H2,1H3. The zero-order valence-corrected chi connectivity index (χ0v) is 11.6. The van der Waals surface area contributed by atoms with Gasteiger partial charge in [0.15, 0.2) is 0 Å². The number of carbonyl (C=O) groups excluding carboxylic acids is 1. The molecule has 0 aromatic heterocycles. The van der Waals surface area contributed by atoms with Gasteiger partial charge in [0.1, 0.15) is 23.7 Å². The Morgan fingerprint density at radius 1 is 1.20 bits per heavy atom. The number of hydrogen-bond acceptors (Lipinski definition) is 4. The zero-order valence-electron chi connectivity index (χ0n) is 10.8. The van der Waals surface area contributed by atoms with Crippen molar-refractivity contribution in [3.05, 3.63) is 58.6 Å². The van der Waals surface area contributed by atoms with E-state index in [9.17, 15) is 9.90 Å². The second-order valence-corrected chi connectivity index (χ2v) is 4.52. The SMILES string of the molecule is COC(=O)c1ccc(OCc2ccc(Cl)cc2)cc1O. The minimum atomic E-state index is -0.591. The highest BCUT2D eigenvalue weighted by atomic mass is 35.5. The zero-order chi connectivity index (χ0) is 14.5. The minimum Gasteiger partial charge on any atom is -0.507 e. The van der Waals surface area contributed by atoms with Crippen LogP contribution in [0.15, 0.2) is 42.5 Å². The number of aromatic hydroxyl groups is 1. The Labute approximate surface area is 121 Å². The summed E-state index contributed by atoms with van der Waals surface area (Å²) in [5, 5.41) is 10.4. The van der Waals surface area contributed by atoms with E-state index in [-0.39, 0.29) is 11.3 Å². The van der Waals surface area contributed by atoms with Gasteiger partial charge in [-0.25, -0.2) is 4.79 Å². The number of phenols is 1. The van der Waals surface area contributed by atoms with Crippen LogP contribution in [0.3, 0.4) is 0 Å². The molecule has 0 aliphatic heterocycles. The van der Waals surface area contributed by atoms with Crippen molar-refractivity contribution in [3.63, 3.8) is 0 Å². The fourth-order valence-electron chi connectivity index (χ4n) is 1.63. The first-order valence-electron chi connectivity index (χ1n) is 5.88. The molecule has 2 aromatic carbocycles. The molecule has 4 nitrogen and oxygen atoms in total. The van der Waals surface area contributed by atoms with Crippen LogP contribution in [-0.2, 0) is 11.3 Å². The lowest BCUT2D eigenvalue weighted by Crippen LogP contribution is -2.02. The first-order chi connectivity index (χ1) is 9.60. The maximum absolute atomic E-state index is 11.3. The number of carbonyl (C=O) groups is 1. The third kappa shape index (κ3) is 3.42. The van der Waals surface area contributed by atoms with Crippen LogP contribution in [0.25, 0.3) is 0 Å². The molecule has 0 aliphatic carbocycles. The van der Waals surface area contributed by atoms with Crippen LogP contribution in [0.5, 0.6) is 11.5 Å². The van der Waals surface area contributed by atoms with Crippen molar-refractivity contribution in [3.8, 4) is 11.5 Å². The molecule has 0 aliphatic rings. The number of esters is 1. The highest BCUT2D eigenvalue weighted by molar-refractivity contribution is 6.30. The van der Waals surface area contributed by atoms with E-state index in [1.807, 2.05) is 12.1 Å². The molecule has 0 radical (unpaired) electrons. The highest BCUT2D eigenvalue weighted by Gasteiger charge is 2.12. The molecule has 0 unspecified atom stereocenters. The van der Waals surface area contributed by atoms with E-state index in [1.165, 1.54) is 19.2 Å². The molecule has 5 heteroatoms. The second-order valence-electron chi connectivity index (χ2n) is 4.09. The van der Waals surface area contributed by atoms with Crippen molar-refractivity contribution < 1.29 is 19.4 Å². The smallest absolute Gasteiger partial charge is 0.341 e. The summed E-state index contributed by atoms with van der Waals surface area (Å²) in [5.74, 6) is -0.303. The predicted molar refractivity (Wildman–Crippen MR) is 75.2 cm³/mol. The van der Waals surface area contributed by atoms with E-state index in [0.717, 1.165) is 5.56 Å². The van der Waals surface area contributed by atoms with Gasteiger partial charge in [-0.05, 0) is 29.8 Å². The van der Waals surface area contributed by atoms with E-state index >= 15 is 0 Å². The Balaban J connectivity index is 2.05. The number of methoxy groups -OCH3 is 1. The Morgan fingerprint density at radius 3 is 2.50 bits per heavy atom. The Hall–Kier alpha value is -2.20. The van der Waals surface area contributed by atoms with Gasteiger partial charge in [0.25, 0.3) is 0 Å². The molecular weight excluding hydrogens is 280 g/mol. The lowest BCUT2D eigenvalue weighted by molar-refractivity contribution is 0.0597. The summed E-state index contributed by atoms with van der Waals surface area (Å²) in [7, 11) is 1.26. The Bertz CT molecular complexity index is 608. The summed E-state index contributed by atoms with van der Waals surface area (Å²) in [6.07, 6.45) is 0. The Morgan fingerprint density at radius 2 is 1.90 bits per heavy atom. The van der Waals surface area contributed by atoms with Crippen molar-refractivity contribution in [1.82, 2.24) is 0 Å². The fraction of sp³-hybridized carbons (Fsp3) is 0.133. The van der Waals surface area contributed by atoms with E-state index in [0.29, 0.717) is 17.4 Å². The summed E-state index contributed by atoms with van der Waals surface area (Å²) in [6, 6.07) is 11.7. The van der Waals surface area contributed by atoms with Crippen LogP contribution in [0, 0.1) is 0 Å². The van der Waals surface area contributed by atoms with Crippen LogP contribution in [0.1, 0.15) is 15.9 Å². The van der Waals surface area contributed by atoms with Gasteiger partial charge in [-0.3, -0.25) is 0 Å². The van der Waals surface area contributed by atoms with Gasteiger partial charge in [0.2, 0.25) is 0 Å². The van der Waals surface area contributed by atoms with Gasteiger partial charge in [-0.1, -0.05) is 23.7 Å². The quantitative estimate of drug-likeness (QED) is 0.877. The molecule has 0 atom stereocenters. The summed E-state index contributed by atoms with van der Waals surface area (Å²) in [4.78, 5) is 11.3. The largest absolute Gasteiger partial charge is 0.507 e. The molecular formula is C15H13ClO4. The molecule has 0 heterocycles. The van der Waals surface area contributed by atoms with Crippen LogP contribution in [-0.4, -0.2) is 18.2 Å². The normalized spacial score (nSPS) is 10.1. The number of phenolic OH excluding ortho intramolecular Hbond substituents is 1. The van der Waals surface area contributed by atoms with Gasteiger partial charge >= 0.3 is 5.97 Å². The summed E-state index contributed by atoms with van der Waals surface area (Å²) in [5.41, 5.74) is 1.05. The lowest BCUT2D eigenvalue weighted by atomic mass is 10.2. The first-order valence-corrected chi connectivity index (χ1v) is 6.26. The summed E-state index contributed by atoms with van der Waals surface area (Å²) >= 11 is 5.79. The predicted octanol–water partition coefficient (Wildman–Crippen LogP) is 3.41. The van der Waals surface area contributed by atoms with E-state index in [2.05, 4.69) is 4.74 Å². The third-order valence-electron chi connectivity index (χ3n) is 2.69. The lowest BCUT2D eigenvalue weighted by Gasteiger charge is -2.08.